The number of carbonyl (C=O) groups is 1. The third-order valence-electron chi connectivity index (χ3n) is 4.51. The van der Waals surface area contributed by atoms with Crippen molar-refractivity contribution in [1.29, 1.82) is 0 Å². The molecular weight excluding hydrogens is 394 g/mol. The molecule has 29 heavy (non-hydrogen) atoms. The highest BCUT2D eigenvalue weighted by molar-refractivity contribution is 7.89. The van der Waals surface area contributed by atoms with Crippen LogP contribution < -0.4 is 25.2 Å². The summed E-state index contributed by atoms with van der Waals surface area (Å²) in [5.41, 5.74) is 2.22. The minimum Gasteiger partial charge on any atom is -0.492 e. The number of benzene rings is 2. The van der Waals surface area contributed by atoms with Gasteiger partial charge in [0, 0.05) is 23.7 Å². The van der Waals surface area contributed by atoms with E-state index in [2.05, 4.69) is 10.6 Å². The van der Waals surface area contributed by atoms with Crippen molar-refractivity contribution < 1.29 is 22.7 Å². The number of ether oxygens (including phenoxy) is 2. The highest BCUT2D eigenvalue weighted by atomic mass is 32.2. The smallest absolute Gasteiger partial charge is 0.246 e. The van der Waals surface area contributed by atoms with E-state index in [1.165, 1.54) is 24.3 Å². The van der Waals surface area contributed by atoms with Crippen LogP contribution in [0.4, 0.5) is 11.4 Å². The van der Waals surface area contributed by atoms with Gasteiger partial charge < -0.3 is 20.1 Å². The zero-order valence-electron chi connectivity index (χ0n) is 16.6. The molecule has 8 nitrogen and oxygen atoms in total. The van der Waals surface area contributed by atoms with E-state index in [4.69, 9.17) is 14.6 Å². The molecule has 0 aromatic heterocycles. The molecule has 0 fully saturated rings. The molecule has 2 unspecified atom stereocenters. The Bertz CT molecular complexity index is 1010. The second-order valence-electron chi connectivity index (χ2n) is 6.95. The van der Waals surface area contributed by atoms with Crippen molar-refractivity contribution in [3.8, 4) is 11.5 Å². The largest absolute Gasteiger partial charge is 0.492 e. The van der Waals surface area contributed by atoms with Crippen molar-refractivity contribution >= 4 is 27.3 Å². The van der Waals surface area contributed by atoms with Crippen LogP contribution in [0.15, 0.2) is 41.3 Å². The number of rotatable bonds is 7. The second kappa shape index (κ2) is 8.30. The summed E-state index contributed by atoms with van der Waals surface area (Å²) in [6.45, 7) is 6.13. The zero-order valence-corrected chi connectivity index (χ0v) is 17.4. The van der Waals surface area contributed by atoms with Crippen molar-refractivity contribution in [3.05, 3.63) is 42.0 Å². The maximum absolute atomic E-state index is 12.6. The molecule has 0 radical (unpaired) electrons. The standard InChI is InChI=1S/C20H25N3O5S/c1-4-27-19-10-14-9-12(2)28-18(14)11-17(19)22-13(3)20(24)23-15-5-7-16(8-6-15)29(21,25)26/h5-8,10-13,22H,4,9H2,1-3H3,(H,23,24)(H2,21,25,26). The van der Waals surface area contributed by atoms with Crippen molar-refractivity contribution in [3.63, 3.8) is 0 Å². The molecule has 0 bridgehead atoms. The maximum atomic E-state index is 12.6. The number of sulfonamides is 1. The molecule has 1 amide bonds. The van der Waals surface area contributed by atoms with Crippen LogP contribution in [0.1, 0.15) is 26.3 Å². The third-order valence-corrected chi connectivity index (χ3v) is 5.44. The quantitative estimate of drug-likeness (QED) is 0.634. The Morgan fingerprint density at radius 1 is 1.31 bits per heavy atom. The fraction of sp³-hybridized carbons (Fsp3) is 0.350. The van der Waals surface area contributed by atoms with E-state index in [0.717, 1.165) is 17.7 Å². The zero-order chi connectivity index (χ0) is 21.2. The monoisotopic (exact) mass is 419 g/mol. The van der Waals surface area contributed by atoms with Crippen molar-refractivity contribution in [2.75, 3.05) is 17.2 Å². The van der Waals surface area contributed by atoms with Gasteiger partial charge in [-0.25, -0.2) is 13.6 Å². The van der Waals surface area contributed by atoms with Gasteiger partial charge in [-0.1, -0.05) is 0 Å². The molecule has 0 aliphatic carbocycles. The lowest BCUT2D eigenvalue weighted by Crippen LogP contribution is -2.32. The minimum absolute atomic E-state index is 0.0182. The first kappa shape index (κ1) is 20.9. The van der Waals surface area contributed by atoms with E-state index >= 15 is 0 Å². The van der Waals surface area contributed by atoms with Crippen LogP contribution in [-0.2, 0) is 21.2 Å². The highest BCUT2D eigenvalue weighted by Crippen LogP contribution is 2.38. The molecule has 1 heterocycles. The predicted molar refractivity (Wildman–Crippen MR) is 111 cm³/mol. The fourth-order valence-electron chi connectivity index (χ4n) is 3.10. The van der Waals surface area contributed by atoms with E-state index < -0.39 is 16.1 Å². The number of nitrogens with two attached hydrogens (primary N) is 1. The van der Waals surface area contributed by atoms with Gasteiger partial charge in [0.15, 0.2) is 0 Å². The molecule has 4 N–H and O–H groups in total. The van der Waals surface area contributed by atoms with Gasteiger partial charge in [0.05, 0.1) is 17.2 Å². The molecular formula is C20H25N3O5S. The Balaban J connectivity index is 1.72. The van der Waals surface area contributed by atoms with Gasteiger partial charge in [-0.3, -0.25) is 4.79 Å². The van der Waals surface area contributed by atoms with Crippen LogP contribution in [-0.4, -0.2) is 33.1 Å². The Morgan fingerprint density at radius 3 is 2.62 bits per heavy atom. The van der Waals surface area contributed by atoms with Crippen molar-refractivity contribution in [2.45, 2.75) is 44.2 Å². The van der Waals surface area contributed by atoms with Gasteiger partial charge in [-0.05, 0) is 51.1 Å². The summed E-state index contributed by atoms with van der Waals surface area (Å²) in [6.07, 6.45) is 0.927. The topological polar surface area (TPSA) is 120 Å². The Hall–Kier alpha value is -2.78. The lowest BCUT2D eigenvalue weighted by molar-refractivity contribution is -0.116. The van der Waals surface area contributed by atoms with Crippen LogP contribution in [0.3, 0.4) is 0 Å². The number of hydrogen-bond donors (Lipinski definition) is 3. The summed E-state index contributed by atoms with van der Waals surface area (Å²) in [4.78, 5) is 12.5. The highest BCUT2D eigenvalue weighted by Gasteiger charge is 2.23. The van der Waals surface area contributed by atoms with E-state index in [0.29, 0.717) is 23.7 Å². The summed E-state index contributed by atoms with van der Waals surface area (Å²) in [7, 11) is -3.78. The van der Waals surface area contributed by atoms with Gasteiger partial charge >= 0.3 is 0 Å². The number of amides is 1. The SMILES string of the molecule is CCOc1cc2c(cc1NC(C)C(=O)Nc1ccc(S(N)(=O)=O)cc1)OC(C)C2. The number of fused-ring (bicyclic) bond motifs is 1. The number of anilines is 2. The van der Waals surface area contributed by atoms with Crippen LogP contribution >= 0.6 is 0 Å². The first-order chi connectivity index (χ1) is 13.7. The molecule has 1 aliphatic heterocycles. The first-order valence-corrected chi connectivity index (χ1v) is 10.9. The van der Waals surface area contributed by atoms with Crippen LogP contribution in [0, 0.1) is 0 Å². The number of primary sulfonamides is 1. The summed E-state index contributed by atoms with van der Waals surface area (Å²) >= 11 is 0. The van der Waals surface area contributed by atoms with E-state index in [-0.39, 0.29) is 16.9 Å². The molecule has 3 rings (SSSR count). The minimum atomic E-state index is -3.78. The Morgan fingerprint density at radius 2 is 2.00 bits per heavy atom. The fourth-order valence-corrected chi connectivity index (χ4v) is 3.62. The predicted octanol–water partition coefficient (Wildman–Crippen LogP) is 2.50. The van der Waals surface area contributed by atoms with Crippen LogP contribution in [0.2, 0.25) is 0 Å². The molecule has 2 aromatic rings. The number of hydrogen-bond acceptors (Lipinski definition) is 6. The van der Waals surface area contributed by atoms with E-state index in [9.17, 15) is 13.2 Å². The lowest BCUT2D eigenvalue weighted by atomic mass is 10.1. The second-order valence-corrected chi connectivity index (χ2v) is 8.51. The van der Waals surface area contributed by atoms with Crippen molar-refractivity contribution in [1.82, 2.24) is 0 Å². The molecule has 2 aromatic carbocycles. The molecule has 0 saturated carbocycles. The normalized spacial score (nSPS) is 16.5. The van der Waals surface area contributed by atoms with Crippen molar-refractivity contribution in [2.24, 2.45) is 5.14 Å². The van der Waals surface area contributed by atoms with Gasteiger partial charge in [0.1, 0.15) is 23.6 Å². The lowest BCUT2D eigenvalue weighted by Gasteiger charge is -2.19. The Kier molecular flexibility index (Phi) is 5.99. The van der Waals surface area contributed by atoms with Gasteiger partial charge in [0.2, 0.25) is 15.9 Å². The third kappa shape index (κ3) is 4.99. The summed E-state index contributed by atoms with van der Waals surface area (Å²) in [5.74, 6) is 1.17. The molecule has 0 saturated heterocycles. The van der Waals surface area contributed by atoms with Gasteiger partial charge in [0.25, 0.3) is 0 Å². The summed E-state index contributed by atoms with van der Waals surface area (Å²) in [6, 6.07) is 8.88. The average Bonchev–Trinajstić information content (AvgIpc) is 3.00. The van der Waals surface area contributed by atoms with Gasteiger partial charge in [-0.15, -0.1) is 0 Å². The molecule has 0 spiro atoms. The van der Waals surface area contributed by atoms with Crippen LogP contribution in [0.5, 0.6) is 11.5 Å². The molecule has 1 aliphatic rings. The van der Waals surface area contributed by atoms with E-state index in [1.807, 2.05) is 26.0 Å². The van der Waals surface area contributed by atoms with Crippen LogP contribution in [0.25, 0.3) is 0 Å². The molecule has 9 heteroatoms. The average molecular weight is 420 g/mol. The number of nitrogens with one attached hydrogen (secondary N) is 2. The van der Waals surface area contributed by atoms with E-state index in [1.54, 1.807) is 6.92 Å². The van der Waals surface area contributed by atoms with Gasteiger partial charge in [-0.2, -0.15) is 0 Å². The molecule has 2 atom stereocenters. The molecule has 156 valence electrons. The summed E-state index contributed by atoms with van der Waals surface area (Å²) < 4.78 is 34.2. The number of carbonyl (C=O) groups excluding carboxylic acids is 1. The maximum Gasteiger partial charge on any atom is 0.246 e. The Labute approximate surface area is 170 Å². The summed E-state index contributed by atoms with van der Waals surface area (Å²) in [5, 5.41) is 11.0. The first-order valence-electron chi connectivity index (χ1n) is 9.34.